The molecule has 1 heterocycles. The lowest BCUT2D eigenvalue weighted by Gasteiger charge is -2.39. The van der Waals surface area contributed by atoms with E-state index in [1.165, 1.54) is 83.5 Å². The standard InChI is InChI=1S/C45H80O10/c1-3-5-7-9-11-13-15-17-19-21-23-25-27-29-31-33-40(47)52-36-38(37-53-45-44(51)43(50)42(49)39(35-46)55-45)54-41(48)34-32-30-28-26-24-22-20-18-16-14-12-10-8-6-4-2/h4,11,13,17,19,38-39,42-46,49-51H,2-3,5-10,12,14-16,18,20-37H2,1H3/b13-11+,19-17+/t38-,39-,42+,43?,44?,45-/m0/s1. The summed E-state index contributed by atoms with van der Waals surface area (Å²) in [6.45, 7) is 4.90. The number of hydrogen-bond donors (Lipinski definition) is 4. The number of carbonyl (C=O) groups excluding carboxylic acids is 2. The molecular weight excluding hydrogens is 700 g/mol. The minimum Gasteiger partial charge on any atom is -0.462 e. The minimum atomic E-state index is -1.60. The first-order chi connectivity index (χ1) is 26.8. The Morgan fingerprint density at radius 1 is 0.618 bits per heavy atom. The number of carbonyl (C=O) groups is 2. The van der Waals surface area contributed by atoms with Crippen LogP contribution in [0.4, 0.5) is 0 Å². The Bertz CT molecular complexity index is 983. The second-order valence-electron chi connectivity index (χ2n) is 15.2. The molecule has 320 valence electrons. The Morgan fingerprint density at radius 3 is 1.64 bits per heavy atom. The van der Waals surface area contributed by atoms with Crippen molar-refractivity contribution in [2.24, 2.45) is 0 Å². The van der Waals surface area contributed by atoms with Crippen molar-refractivity contribution in [2.45, 2.75) is 217 Å². The maximum Gasteiger partial charge on any atom is 0.306 e. The summed E-state index contributed by atoms with van der Waals surface area (Å²) in [4.78, 5) is 25.3. The molecule has 0 spiro atoms. The van der Waals surface area contributed by atoms with Gasteiger partial charge in [0.15, 0.2) is 12.4 Å². The number of aliphatic hydroxyl groups excluding tert-OH is 4. The van der Waals surface area contributed by atoms with Crippen LogP contribution in [0.2, 0.25) is 0 Å². The van der Waals surface area contributed by atoms with E-state index in [4.69, 9.17) is 18.9 Å². The highest BCUT2D eigenvalue weighted by molar-refractivity contribution is 5.70. The molecule has 2 unspecified atom stereocenters. The number of unbranched alkanes of at least 4 members (excludes halogenated alkanes) is 21. The van der Waals surface area contributed by atoms with Crippen molar-refractivity contribution in [2.75, 3.05) is 19.8 Å². The van der Waals surface area contributed by atoms with Crippen LogP contribution in [-0.4, -0.2) is 89.0 Å². The largest absolute Gasteiger partial charge is 0.462 e. The van der Waals surface area contributed by atoms with Gasteiger partial charge in [-0.25, -0.2) is 0 Å². The van der Waals surface area contributed by atoms with Crippen LogP contribution in [-0.2, 0) is 28.5 Å². The molecule has 0 radical (unpaired) electrons. The summed E-state index contributed by atoms with van der Waals surface area (Å²) >= 11 is 0. The first kappa shape index (κ1) is 50.9. The lowest BCUT2D eigenvalue weighted by molar-refractivity contribution is -0.305. The van der Waals surface area contributed by atoms with Gasteiger partial charge in [0.2, 0.25) is 0 Å². The number of rotatable bonds is 37. The van der Waals surface area contributed by atoms with Crippen LogP contribution in [0.3, 0.4) is 0 Å². The first-order valence-electron chi connectivity index (χ1n) is 22.0. The van der Waals surface area contributed by atoms with Gasteiger partial charge in [-0.3, -0.25) is 9.59 Å². The van der Waals surface area contributed by atoms with Crippen molar-refractivity contribution in [1.29, 1.82) is 0 Å². The third-order valence-corrected chi connectivity index (χ3v) is 10.1. The van der Waals surface area contributed by atoms with E-state index in [0.717, 1.165) is 64.2 Å². The van der Waals surface area contributed by atoms with Gasteiger partial charge in [0.25, 0.3) is 0 Å². The van der Waals surface area contributed by atoms with Gasteiger partial charge in [-0.1, -0.05) is 140 Å². The number of allylic oxidation sites excluding steroid dienone is 5. The van der Waals surface area contributed by atoms with Crippen LogP contribution in [0.15, 0.2) is 37.0 Å². The van der Waals surface area contributed by atoms with Crippen LogP contribution in [0, 0.1) is 0 Å². The zero-order valence-corrected chi connectivity index (χ0v) is 34.5. The zero-order chi connectivity index (χ0) is 40.2. The van der Waals surface area contributed by atoms with Crippen molar-refractivity contribution in [3.8, 4) is 0 Å². The smallest absolute Gasteiger partial charge is 0.306 e. The van der Waals surface area contributed by atoms with Gasteiger partial charge in [0, 0.05) is 12.8 Å². The van der Waals surface area contributed by atoms with E-state index in [-0.39, 0.29) is 32.0 Å². The molecular formula is C45H80O10. The fraction of sp³-hybridized carbons (Fsp3) is 0.822. The summed E-state index contributed by atoms with van der Waals surface area (Å²) in [7, 11) is 0. The molecule has 1 aliphatic rings. The summed E-state index contributed by atoms with van der Waals surface area (Å²) in [5, 5.41) is 40.0. The summed E-state index contributed by atoms with van der Waals surface area (Å²) in [5.41, 5.74) is 0. The molecule has 4 N–H and O–H groups in total. The number of aliphatic hydroxyl groups is 4. The molecule has 10 nitrogen and oxygen atoms in total. The van der Waals surface area contributed by atoms with Crippen LogP contribution < -0.4 is 0 Å². The fourth-order valence-electron chi connectivity index (χ4n) is 6.61. The maximum absolute atomic E-state index is 12.8. The van der Waals surface area contributed by atoms with Crippen molar-refractivity contribution in [1.82, 2.24) is 0 Å². The Hall–Kier alpha value is -2.08. The molecule has 0 aromatic rings. The van der Waals surface area contributed by atoms with Gasteiger partial charge >= 0.3 is 11.9 Å². The normalized spacial score (nSPS) is 20.6. The van der Waals surface area contributed by atoms with Crippen LogP contribution in [0.5, 0.6) is 0 Å². The van der Waals surface area contributed by atoms with E-state index in [9.17, 15) is 30.0 Å². The van der Waals surface area contributed by atoms with E-state index in [2.05, 4.69) is 37.8 Å². The van der Waals surface area contributed by atoms with E-state index in [1.807, 2.05) is 6.08 Å². The Kier molecular flexibility index (Phi) is 33.6. The van der Waals surface area contributed by atoms with Gasteiger partial charge in [0.05, 0.1) is 13.2 Å². The lowest BCUT2D eigenvalue weighted by Crippen LogP contribution is -2.59. The SMILES string of the molecule is C=CCCCCCCCCCCCCCCCC(=O)O[C@@H](COC(=O)CCCCCCC/C=C/C/C=C/CCCCC)CO[C@H]1O[C@@H](CO)[C@@H](O)C(O)C1O. The van der Waals surface area contributed by atoms with Crippen molar-refractivity contribution >= 4 is 11.9 Å². The van der Waals surface area contributed by atoms with Crippen molar-refractivity contribution < 1.29 is 49.0 Å². The number of hydrogen-bond acceptors (Lipinski definition) is 10. The average molecular weight is 781 g/mol. The van der Waals surface area contributed by atoms with Crippen molar-refractivity contribution in [3.05, 3.63) is 37.0 Å². The highest BCUT2D eigenvalue weighted by Crippen LogP contribution is 2.23. The molecule has 0 aromatic carbocycles. The van der Waals surface area contributed by atoms with E-state index in [1.54, 1.807) is 0 Å². The number of ether oxygens (including phenoxy) is 4. The minimum absolute atomic E-state index is 0.225. The Labute approximate surface area is 334 Å². The lowest BCUT2D eigenvalue weighted by atomic mass is 9.99. The number of esters is 2. The third kappa shape index (κ3) is 28.0. The highest BCUT2D eigenvalue weighted by Gasteiger charge is 2.44. The second kappa shape index (κ2) is 36.3. The summed E-state index contributed by atoms with van der Waals surface area (Å²) in [6.07, 6.45) is 31.8. The average Bonchev–Trinajstić information content (AvgIpc) is 3.18. The fourth-order valence-corrected chi connectivity index (χ4v) is 6.61. The third-order valence-electron chi connectivity index (χ3n) is 10.1. The van der Waals surface area contributed by atoms with Gasteiger partial charge in [-0.15, -0.1) is 6.58 Å². The molecule has 1 saturated heterocycles. The molecule has 0 aliphatic carbocycles. The van der Waals surface area contributed by atoms with E-state index in [0.29, 0.717) is 12.8 Å². The maximum atomic E-state index is 12.8. The van der Waals surface area contributed by atoms with Gasteiger partial charge in [0.1, 0.15) is 31.0 Å². The summed E-state index contributed by atoms with van der Waals surface area (Å²) in [6, 6.07) is 0. The van der Waals surface area contributed by atoms with Gasteiger partial charge < -0.3 is 39.4 Å². The molecule has 0 saturated carbocycles. The van der Waals surface area contributed by atoms with Crippen molar-refractivity contribution in [3.63, 3.8) is 0 Å². The monoisotopic (exact) mass is 781 g/mol. The van der Waals surface area contributed by atoms with Crippen LogP contribution in [0.25, 0.3) is 0 Å². The van der Waals surface area contributed by atoms with Gasteiger partial charge in [-0.2, -0.15) is 0 Å². The quantitative estimate of drug-likeness (QED) is 0.0273. The van der Waals surface area contributed by atoms with Crippen LogP contribution >= 0.6 is 0 Å². The predicted octanol–water partition coefficient (Wildman–Crippen LogP) is 9.11. The van der Waals surface area contributed by atoms with Gasteiger partial charge in [-0.05, 0) is 57.8 Å². The molecule has 10 heteroatoms. The molecule has 55 heavy (non-hydrogen) atoms. The topological polar surface area (TPSA) is 152 Å². The highest BCUT2D eigenvalue weighted by atomic mass is 16.7. The van der Waals surface area contributed by atoms with E-state index >= 15 is 0 Å². The molecule has 0 amide bonds. The molecule has 0 aromatic heterocycles. The molecule has 1 aliphatic heterocycles. The summed E-state index contributed by atoms with van der Waals surface area (Å²) in [5.74, 6) is -0.824. The summed E-state index contributed by atoms with van der Waals surface area (Å²) < 4.78 is 22.1. The first-order valence-corrected chi connectivity index (χ1v) is 22.0. The Balaban J connectivity index is 2.34. The predicted molar refractivity (Wildman–Crippen MR) is 219 cm³/mol. The Morgan fingerprint density at radius 2 is 1.11 bits per heavy atom. The van der Waals surface area contributed by atoms with E-state index < -0.39 is 49.4 Å². The molecule has 6 atom stereocenters. The molecule has 1 rings (SSSR count). The van der Waals surface area contributed by atoms with Crippen LogP contribution in [0.1, 0.15) is 180 Å². The molecule has 1 fully saturated rings. The zero-order valence-electron chi connectivity index (χ0n) is 34.5. The second-order valence-corrected chi connectivity index (χ2v) is 15.2. The molecule has 0 bridgehead atoms.